The van der Waals surface area contributed by atoms with Gasteiger partial charge >= 0.3 is 0 Å². The van der Waals surface area contributed by atoms with Crippen molar-refractivity contribution in [3.63, 3.8) is 0 Å². The minimum absolute atomic E-state index is 0.322. The Morgan fingerprint density at radius 1 is 0.592 bits per heavy atom. The molecule has 49 heavy (non-hydrogen) atoms. The Hall–Kier alpha value is -3.86. The molecule has 4 aromatic carbocycles. The first-order valence-electron chi connectivity index (χ1n) is 17.3. The summed E-state index contributed by atoms with van der Waals surface area (Å²) >= 11 is 0. The molecular weight excluding hydrogens is 616 g/mol. The van der Waals surface area contributed by atoms with Gasteiger partial charge in [0.15, 0.2) is 6.29 Å². The highest BCUT2D eigenvalue weighted by Gasteiger charge is 2.49. The number of rotatable bonds is 19. The molecule has 5 aromatic rings. The molecule has 258 valence electrons. The topological polar surface area (TPSA) is 97.2 Å². The molecule has 1 aliphatic rings. The highest BCUT2D eigenvalue weighted by Crippen LogP contribution is 2.32. The second-order valence-electron chi connectivity index (χ2n) is 12.4. The monoisotopic (exact) mass is 664 g/mol. The third-order valence-electron chi connectivity index (χ3n) is 8.80. The molecule has 3 N–H and O–H groups in total. The zero-order valence-electron chi connectivity index (χ0n) is 28.0. The van der Waals surface area contributed by atoms with E-state index in [0.717, 1.165) is 35.0 Å². The molecular formula is C41H48N2O6. The minimum atomic E-state index is -0.719. The summed E-state index contributed by atoms with van der Waals surface area (Å²) in [7, 11) is 0. The Labute approximate surface area is 289 Å². The van der Waals surface area contributed by atoms with E-state index in [1.807, 2.05) is 60.7 Å². The van der Waals surface area contributed by atoms with Crippen LogP contribution < -0.4 is 5.73 Å². The second-order valence-corrected chi connectivity index (χ2v) is 12.4. The fourth-order valence-electron chi connectivity index (χ4n) is 6.19. The molecule has 0 amide bonds. The second kappa shape index (κ2) is 18.8. The van der Waals surface area contributed by atoms with E-state index >= 15 is 0 Å². The fraction of sp³-hybridized carbons (Fsp3) is 0.366. The lowest BCUT2D eigenvalue weighted by Gasteiger charge is -2.46. The van der Waals surface area contributed by atoms with Crippen molar-refractivity contribution in [2.75, 3.05) is 26.4 Å². The molecule has 1 aliphatic heterocycles. The lowest BCUT2D eigenvalue weighted by atomic mass is 9.97. The predicted molar refractivity (Wildman–Crippen MR) is 191 cm³/mol. The summed E-state index contributed by atoms with van der Waals surface area (Å²) in [5.41, 5.74) is 11.2. The number of fused-ring (bicyclic) bond motifs is 1. The summed E-state index contributed by atoms with van der Waals surface area (Å²) in [6.45, 7) is 3.11. The van der Waals surface area contributed by atoms with Crippen LogP contribution in [0.5, 0.6) is 0 Å². The summed E-state index contributed by atoms with van der Waals surface area (Å²) in [6, 6.07) is 38.7. The van der Waals surface area contributed by atoms with E-state index in [1.54, 1.807) is 0 Å². The van der Waals surface area contributed by atoms with Crippen molar-refractivity contribution in [2.45, 2.75) is 69.8 Å². The number of para-hydroxylation sites is 1. The Bertz CT molecular complexity index is 1630. The van der Waals surface area contributed by atoms with Crippen LogP contribution in [0.25, 0.3) is 10.9 Å². The van der Waals surface area contributed by atoms with Gasteiger partial charge in [-0.1, -0.05) is 109 Å². The van der Waals surface area contributed by atoms with Gasteiger partial charge in [-0.2, -0.15) is 0 Å². The zero-order valence-corrected chi connectivity index (χ0v) is 28.0. The molecule has 8 nitrogen and oxygen atoms in total. The number of nitrogens with two attached hydrogens (primary N) is 1. The van der Waals surface area contributed by atoms with Crippen LogP contribution in [0.15, 0.2) is 121 Å². The van der Waals surface area contributed by atoms with E-state index in [9.17, 15) is 0 Å². The maximum atomic E-state index is 6.80. The van der Waals surface area contributed by atoms with Gasteiger partial charge in [-0.05, 0) is 54.1 Å². The first-order valence-corrected chi connectivity index (χ1v) is 17.3. The van der Waals surface area contributed by atoms with E-state index in [2.05, 4.69) is 65.8 Å². The highest BCUT2D eigenvalue weighted by atomic mass is 16.7. The van der Waals surface area contributed by atoms with Crippen LogP contribution in [0.1, 0.15) is 35.1 Å². The van der Waals surface area contributed by atoms with Crippen LogP contribution in [-0.2, 0) is 54.7 Å². The zero-order chi connectivity index (χ0) is 33.5. The van der Waals surface area contributed by atoms with Gasteiger partial charge in [0.25, 0.3) is 0 Å². The first-order chi connectivity index (χ1) is 24.3. The summed E-state index contributed by atoms with van der Waals surface area (Å²) in [5, 5.41) is 1.19. The molecule has 6 rings (SSSR count). The standard InChI is InChI=1S/C41H48N2O6/c42-23-12-13-24-44-30-37-38(46-27-31-14-4-1-5-15-31)39(47-28-32-16-6-2-7-17-32)40(48-29-33-18-8-3-9-19-33)41(49-37)45-25-22-34-26-43-36-21-11-10-20-35(34)36/h1-11,14-21,26,37-41,43H,12-13,22-25,27-30,42H2/t37-,38-,39+,40-,41-/m1/s1. The number of aromatic nitrogens is 1. The summed E-state index contributed by atoms with van der Waals surface area (Å²) in [6.07, 6.45) is 1.76. The van der Waals surface area contributed by atoms with Crippen molar-refractivity contribution in [1.29, 1.82) is 0 Å². The van der Waals surface area contributed by atoms with Crippen molar-refractivity contribution in [3.05, 3.63) is 144 Å². The number of unbranched alkanes of at least 4 members (excludes halogenated alkanes) is 1. The Balaban J connectivity index is 1.27. The van der Waals surface area contributed by atoms with E-state index in [4.69, 9.17) is 34.2 Å². The minimum Gasteiger partial charge on any atom is -0.379 e. The van der Waals surface area contributed by atoms with E-state index in [-0.39, 0.29) is 0 Å². The summed E-state index contributed by atoms with van der Waals surface area (Å²) in [5.74, 6) is 0. The van der Waals surface area contributed by atoms with Crippen molar-refractivity contribution >= 4 is 10.9 Å². The number of aromatic amines is 1. The Morgan fingerprint density at radius 3 is 1.80 bits per heavy atom. The Kier molecular flexibility index (Phi) is 13.4. The van der Waals surface area contributed by atoms with Crippen molar-refractivity contribution in [2.24, 2.45) is 5.73 Å². The number of H-pyrrole nitrogens is 1. The molecule has 0 saturated carbocycles. The molecule has 0 spiro atoms. The molecule has 0 radical (unpaired) electrons. The summed E-state index contributed by atoms with van der Waals surface area (Å²) in [4.78, 5) is 3.37. The van der Waals surface area contributed by atoms with Crippen molar-refractivity contribution < 1.29 is 28.4 Å². The number of ether oxygens (including phenoxy) is 6. The van der Waals surface area contributed by atoms with Gasteiger partial charge < -0.3 is 39.1 Å². The third kappa shape index (κ3) is 10.1. The molecule has 1 aromatic heterocycles. The van der Waals surface area contributed by atoms with Gasteiger partial charge in [0, 0.05) is 23.7 Å². The van der Waals surface area contributed by atoms with Gasteiger partial charge in [0.05, 0.1) is 33.0 Å². The molecule has 0 unspecified atom stereocenters. The smallest absolute Gasteiger partial charge is 0.186 e. The molecule has 1 saturated heterocycles. The lowest BCUT2D eigenvalue weighted by molar-refractivity contribution is -0.328. The fourth-order valence-corrected chi connectivity index (χ4v) is 6.19. The van der Waals surface area contributed by atoms with Crippen molar-refractivity contribution in [3.8, 4) is 0 Å². The highest BCUT2D eigenvalue weighted by molar-refractivity contribution is 5.83. The molecule has 8 heteroatoms. The van der Waals surface area contributed by atoms with Crippen LogP contribution in [-0.4, -0.2) is 62.1 Å². The summed E-state index contributed by atoms with van der Waals surface area (Å²) < 4.78 is 39.8. The van der Waals surface area contributed by atoms with E-state index in [0.29, 0.717) is 52.6 Å². The van der Waals surface area contributed by atoms with E-state index in [1.165, 1.54) is 10.9 Å². The van der Waals surface area contributed by atoms with E-state index < -0.39 is 30.7 Å². The van der Waals surface area contributed by atoms with Gasteiger partial charge in [0.2, 0.25) is 0 Å². The van der Waals surface area contributed by atoms with Gasteiger partial charge in [-0.3, -0.25) is 0 Å². The average molecular weight is 665 g/mol. The van der Waals surface area contributed by atoms with Crippen LogP contribution in [0, 0.1) is 0 Å². The van der Waals surface area contributed by atoms with Gasteiger partial charge in [0.1, 0.15) is 24.4 Å². The maximum Gasteiger partial charge on any atom is 0.186 e. The number of hydrogen-bond donors (Lipinski definition) is 2. The predicted octanol–water partition coefficient (Wildman–Crippen LogP) is 6.96. The molecule has 1 fully saturated rings. The van der Waals surface area contributed by atoms with Crippen molar-refractivity contribution in [1.82, 2.24) is 4.98 Å². The van der Waals surface area contributed by atoms with Crippen LogP contribution in [0.4, 0.5) is 0 Å². The third-order valence-corrected chi connectivity index (χ3v) is 8.80. The molecule has 0 bridgehead atoms. The van der Waals surface area contributed by atoms with Gasteiger partial charge in [-0.25, -0.2) is 0 Å². The number of nitrogens with one attached hydrogen (secondary N) is 1. The molecule has 0 aliphatic carbocycles. The van der Waals surface area contributed by atoms with Crippen LogP contribution >= 0.6 is 0 Å². The van der Waals surface area contributed by atoms with Gasteiger partial charge in [-0.15, -0.1) is 0 Å². The normalized spacial score (nSPS) is 20.9. The average Bonchev–Trinajstić information content (AvgIpc) is 3.57. The molecule has 2 heterocycles. The SMILES string of the molecule is NCCCCOC[C@H]1O[C@@H](OCCc2c[nH]c3ccccc23)[C@H](OCc2ccccc2)[C@@H](OCc2ccccc2)[C@@H]1OCc1ccccc1. The quantitative estimate of drug-likeness (QED) is 0.0922. The maximum absolute atomic E-state index is 6.80. The van der Waals surface area contributed by atoms with Crippen LogP contribution in [0.3, 0.4) is 0 Å². The first kappa shape index (κ1) is 35.0. The Morgan fingerprint density at radius 2 is 1.16 bits per heavy atom. The number of benzene rings is 4. The van der Waals surface area contributed by atoms with Crippen LogP contribution in [0.2, 0.25) is 0 Å². The molecule has 5 atom stereocenters. The largest absolute Gasteiger partial charge is 0.379 e. The number of hydrogen-bond acceptors (Lipinski definition) is 7. The lowest BCUT2D eigenvalue weighted by Crippen LogP contribution is -2.61.